The van der Waals surface area contributed by atoms with Gasteiger partial charge in [0.1, 0.15) is 0 Å². The predicted octanol–water partition coefficient (Wildman–Crippen LogP) is 4.24. The lowest BCUT2D eigenvalue weighted by atomic mass is 10.1. The summed E-state index contributed by atoms with van der Waals surface area (Å²) in [5.74, 6) is -3.22. The van der Waals surface area contributed by atoms with Crippen molar-refractivity contribution in [2.24, 2.45) is 0 Å². The normalized spacial score (nSPS) is 11.0. The van der Waals surface area contributed by atoms with Crippen molar-refractivity contribution < 1.29 is 33.0 Å². The van der Waals surface area contributed by atoms with E-state index in [2.05, 4.69) is 21.5 Å². The molecular formula is C16H11ClF3N3O4S. The molecule has 0 saturated carbocycles. The molecule has 0 bridgehead atoms. The number of H-pyrrole nitrogens is 1. The molecule has 148 valence electrons. The van der Waals surface area contributed by atoms with Gasteiger partial charge < -0.3 is 10.2 Å². The van der Waals surface area contributed by atoms with Crippen molar-refractivity contribution in [2.45, 2.75) is 17.0 Å². The number of nitrogens with one attached hydrogen (secondary N) is 1. The number of alkyl halides is 3. The van der Waals surface area contributed by atoms with Gasteiger partial charge in [-0.3, -0.25) is 0 Å². The van der Waals surface area contributed by atoms with Gasteiger partial charge in [0.2, 0.25) is 5.69 Å². The van der Waals surface area contributed by atoms with Crippen molar-refractivity contribution in [3.05, 3.63) is 52.7 Å². The molecule has 0 aliphatic carbocycles. The minimum absolute atomic E-state index is 0.0485. The summed E-state index contributed by atoms with van der Waals surface area (Å²) in [6.07, 6.45) is -5.08. The maximum atomic E-state index is 11.0. The zero-order valence-corrected chi connectivity index (χ0v) is 15.3. The van der Waals surface area contributed by atoms with Gasteiger partial charge in [0.15, 0.2) is 5.03 Å². The number of aromatic carboxylic acids is 1. The van der Waals surface area contributed by atoms with Crippen molar-refractivity contribution in [1.29, 1.82) is 0 Å². The number of fused-ring (bicyclic) bond motifs is 1. The average Bonchev–Trinajstić information content (AvgIpc) is 3.08. The lowest BCUT2D eigenvalue weighted by Gasteiger charge is -2.03. The molecule has 0 amide bonds. The number of thioether (sulfide) groups is 1. The van der Waals surface area contributed by atoms with Crippen LogP contribution in [-0.2, 0) is 10.5 Å². The first kappa shape index (κ1) is 21.5. The highest BCUT2D eigenvalue weighted by Gasteiger charge is 2.38. The third-order valence-electron chi connectivity index (χ3n) is 3.20. The molecular weight excluding hydrogens is 423 g/mol. The highest BCUT2D eigenvalue weighted by Crippen LogP contribution is 2.26. The largest absolute Gasteiger partial charge is 0.490 e. The molecule has 3 N–H and O–H groups in total. The number of halogens is 4. The Morgan fingerprint density at radius 3 is 2.29 bits per heavy atom. The number of carboxylic acids is 2. The Balaban J connectivity index is 0.000000345. The van der Waals surface area contributed by atoms with Gasteiger partial charge in [0.05, 0.1) is 0 Å². The van der Waals surface area contributed by atoms with Crippen molar-refractivity contribution in [3.8, 4) is 0 Å². The van der Waals surface area contributed by atoms with E-state index in [1.807, 2.05) is 30.3 Å². The first-order chi connectivity index (χ1) is 13.1. The van der Waals surface area contributed by atoms with Crippen LogP contribution in [0.2, 0.25) is 5.02 Å². The minimum Gasteiger partial charge on any atom is -0.476 e. The quantitative estimate of drug-likeness (QED) is 0.527. The van der Waals surface area contributed by atoms with Gasteiger partial charge in [0, 0.05) is 10.8 Å². The molecule has 0 saturated heterocycles. The number of aromatic nitrogens is 3. The molecule has 3 rings (SSSR count). The number of aromatic amines is 1. The van der Waals surface area contributed by atoms with Crippen LogP contribution >= 0.6 is 23.4 Å². The van der Waals surface area contributed by atoms with E-state index >= 15 is 0 Å². The Morgan fingerprint density at radius 1 is 1.07 bits per heavy atom. The number of nitrogens with zero attached hydrogens (tertiary/aromatic N) is 2. The Hall–Kier alpha value is -2.79. The van der Waals surface area contributed by atoms with Crippen LogP contribution in [0.15, 0.2) is 41.4 Å². The van der Waals surface area contributed by atoms with Crippen LogP contribution in [-0.4, -0.2) is 43.7 Å². The molecule has 0 spiro atoms. The number of hydrogen-bond acceptors (Lipinski definition) is 5. The molecule has 0 radical (unpaired) electrons. The van der Waals surface area contributed by atoms with Crippen LogP contribution in [0.3, 0.4) is 0 Å². The van der Waals surface area contributed by atoms with E-state index in [9.17, 15) is 18.0 Å². The fourth-order valence-corrected chi connectivity index (χ4v) is 3.01. The fraction of sp³-hybridized carbons (Fsp3) is 0.125. The second-order valence-corrected chi connectivity index (χ2v) is 6.60. The third kappa shape index (κ3) is 5.86. The molecule has 7 nitrogen and oxygen atoms in total. The molecule has 3 aromatic rings. The van der Waals surface area contributed by atoms with E-state index in [0.717, 1.165) is 16.3 Å². The Kier molecular flexibility index (Phi) is 6.86. The van der Waals surface area contributed by atoms with E-state index in [1.165, 1.54) is 11.8 Å². The predicted molar refractivity (Wildman–Crippen MR) is 95.6 cm³/mol. The number of aliphatic carboxylic acids is 1. The van der Waals surface area contributed by atoms with Gasteiger partial charge in [-0.25, -0.2) is 9.59 Å². The van der Waals surface area contributed by atoms with Gasteiger partial charge in [-0.05, 0) is 28.5 Å². The third-order valence-corrected chi connectivity index (χ3v) is 4.47. The van der Waals surface area contributed by atoms with Gasteiger partial charge in [0.25, 0.3) is 0 Å². The second kappa shape index (κ2) is 8.93. The molecule has 1 aromatic heterocycles. The van der Waals surface area contributed by atoms with Crippen molar-refractivity contribution in [2.75, 3.05) is 0 Å². The molecule has 0 fully saturated rings. The summed E-state index contributed by atoms with van der Waals surface area (Å²) in [7, 11) is 0. The highest BCUT2D eigenvalue weighted by molar-refractivity contribution is 7.98. The molecule has 0 atom stereocenters. The zero-order valence-electron chi connectivity index (χ0n) is 13.7. The van der Waals surface area contributed by atoms with E-state index in [0.29, 0.717) is 15.8 Å². The van der Waals surface area contributed by atoms with Crippen molar-refractivity contribution >= 4 is 46.1 Å². The van der Waals surface area contributed by atoms with E-state index < -0.39 is 18.1 Å². The standard InChI is InChI=1S/C14H10ClN3O2S.C2HF3O2/c15-11-4-3-9-5-8(1-2-10(9)6-11)7-21-13-12(14(19)20)16-18-17-13;3-2(4,5)1(6)7/h1-6H,7H2,(H,19,20)(H,16,17,18);(H,6,7). The van der Waals surface area contributed by atoms with Crippen molar-refractivity contribution in [1.82, 2.24) is 15.4 Å². The van der Waals surface area contributed by atoms with E-state index in [4.69, 9.17) is 26.6 Å². The summed E-state index contributed by atoms with van der Waals surface area (Å²) in [4.78, 5) is 19.8. The number of carbonyl (C=O) groups is 2. The molecule has 12 heteroatoms. The summed E-state index contributed by atoms with van der Waals surface area (Å²) >= 11 is 7.29. The van der Waals surface area contributed by atoms with Gasteiger partial charge in [-0.1, -0.05) is 47.6 Å². The molecule has 0 aliphatic heterocycles. The SMILES string of the molecule is O=C(O)C(F)(F)F.O=C(O)c1n[nH]nc1SCc1ccc2cc(Cl)ccc2c1. The van der Waals surface area contributed by atoms with Crippen molar-refractivity contribution in [3.63, 3.8) is 0 Å². The first-order valence-corrected chi connectivity index (χ1v) is 8.69. The Labute approximate surface area is 164 Å². The first-order valence-electron chi connectivity index (χ1n) is 7.33. The number of hydrogen-bond donors (Lipinski definition) is 3. The molecule has 0 aliphatic rings. The molecule has 0 unspecified atom stereocenters. The van der Waals surface area contributed by atoms with Crippen LogP contribution in [0.25, 0.3) is 10.8 Å². The van der Waals surface area contributed by atoms with Gasteiger partial charge in [-0.15, -0.1) is 10.2 Å². The maximum absolute atomic E-state index is 11.0. The summed E-state index contributed by atoms with van der Waals surface area (Å²) in [6.45, 7) is 0. The number of rotatable bonds is 4. The monoisotopic (exact) mass is 433 g/mol. The summed E-state index contributed by atoms with van der Waals surface area (Å²) in [5, 5.41) is 29.2. The summed E-state index contributed by atoms with van der Waals surface area (Å²) in [6, 6.07) is 11.8. The molecule has 28 heavy (non-hydrogen) atoms. The van der Waals surface area contributed by atoms with E-state index in [-0.39, 0.29) is 5.69 Å². The van der Waals surface area contributed by atoms with Crippen LogP contribution in [0.4, 0.5) is 13.2 Å². The number of carboxylic acid groups (broad SMARTS) is 2. The average molecular weight is 434 g/mol. The minimum atomic E-state index is -5.08. The second-order valence-electron chi connectivity index (χ2n) is 5.20. The lowest BCUT2D eigenvalue weighted by molar-refractivity contribution is -0.192. The molecule has 1 heterocycles. The van der Waals surface area contributed by atoms with Crippen LogP contribution in [0.1, 0.15) is 16.1 Å². The Morgan fingerprint density at radius 2 is 1.68 bits per heavy atom. The molecule has 2 aromatic carbocycles. The highest BCUT2D eigenvalue weighted by atomic mass is 35.5. The van der Waals surface area contributed by atoms with Gasteiger partial charge in [-0.2, -0.15) is 18.4 Å². The zero-order chi connectivity index (χ0) is 20.9. The summed E-state index contributed by atoms with van der Waals surface area (Å²) < 4.78 is 31.7. The van der Waals surface area contributed by atoms with Crippen LogP contribution in [0, 0.1) is 0 Å². The number of benzene rings is 2. The topological polar surface area (TPSA) is 116 Å². The van der Waals surface area contributed by atoms with Gasteiger partial charge >= 0.3 is 18.1 Å². The smallest absolute Gasteiger partial charge is 0.476 e. The fourth-order valence-electron chi connectivity index (χ4n) is 1.97. The van der Waals surface area contributed by atoms with Crippen LogP contribution < -0.4 is 0 Å². The van der Waals surface area contributed by atoms with E-state index in [1.54, 1.807) is 0 Å². The summed E-state index contributed by atoms with van der Waals surface area (Å²) in [5.41, 5.74) is 1.03. The maximum Gasteiger partial charge on any atom is 0.490 e. The lowest BCUT2D eigenvalue weighted by Crippen LogP contribution is -2.21. The Bertz CT molecular complexity index is 1010. The van der Waals surface area contributed by atoms with Crippen LogP contribution in [0.5, 0.6) is 0 Å².